The Morgan fingerprint density at radius 1 is 1.08 bits per heavy atom. The van der Waals surface area contributed by atoms with Gasteiger partial charge in [-0.25, -0.2) is 13.8 Å². The second-order valence-electron chi connectivity index (χ2n) is 11.0. The van der Waals surface area contributed by atoms with E-state index in [2.05, 4.69) is 10.3 Å². The summed E-state index contributed by atoms with van der Waals surface area (Å²) in [6.07, 6.45) is 2.24. The second-order valence-corrected chi connectivity index (χ2v) is 11.0. The molecule has 3 fully saturated rings. The number of nitrogens with one attached hydrogen (secondary N) is 1. The molecule has 2 aromatic heterocycles. The molecule has 1 saturated heterocycles. The summed E-state index contributed by atoms with van der Waals surface area (Å²) in [5, 5.41) is 13.2. The summed E-state index contributed by atoms with van der Waals surface area (Å²) in [5.41, 5.74) is 1.04. The maximum Gasteiger partial charge on any atom is 0.296 e. The molecule has 0 spiro atoms. The molecule has 6 rings (SSSR count). The summed E-state index contributed by atoms with van der Waals surface area (Å²) < 4.78 is 35.0. The van der Waals surface area contributed by atoms with Crippen molar-refractivity contribution in [2.45, 2.75) is 63.5 Å². The van der Waals surface area contributed by atoms with E-state index in [9.17, 15) is 18.7 Å². The highest BCUT2D eigenvalue weighted by atomic mass is 19.3. The normalized spacial score (nSPS) is 25.6. The minimum absolute atomic E-state index is 0.0787. The predicted octanol–water partition coefficient (Wildman–Crippen LogP) is 4.29. The average molecular weight is 541 g/mol. The molecule has 2 N–H and O–H groups in total. The van der Waals surface area contributed by atoms with Crippen molar-refractivity contribution in [2.24, 2.45) is 11.8 Å². The van der Waals surface area contributed by atoms with Gasteiger partial charge in [0.1, 0.15) is 17.4 Å². The third kappa shape index (κ3) is 5.60. The number of para-hydroxylation sites is 2. The summed E-state index contributed by atoms with van der Waals surface area (Å²) in [6.45, 7) is 2.32. The number of hydrogen-bond donors (Lipinski definition) is 2. The Balaban J connectivity index is 1.21. The molecule has 2 aliphatic carbocycles. The number of morpholine rings is 1. The largest absolute Gasteiger partial charge is 0.393 e. The van der Waals surface area contributed by atoms with Crippen LogP contribution in [0.2, 0.25) is 0 Å². The number of anilines is 2. The Kier molecular flexibility index (Phi) is 7.44. The predicted molar refractivity (Wildman–Crippen MR) is 142 cm³/mol. The lowest BCUT2D eigenvalue weighted by molar-refractivity contribution is -0.126. The summed E-state index contributed by atoms with van der Waals surface area (Å²) >= 11 is 0. The molecular formula is C28H34F2N6O3. The van der Waals surface area contributed by atoms with Gasteiger partial charge in [0.15, 0.2) is 5.82 Å². The molecule has 1 aromatic carbocycles. The monoisotopic (exact) mass is 540 g/mol. The Labute approximate surface area is 225 Å². The van der Waals surface area contributed by atoms with Crippen LogP contribution in [0, 0.1) is 11.8 Å². The van der Waals surface area contributed by atoms with E-state index < -0.39 is 6.43 Å². The minimum Gasteiger partial charge on any atom is -0.393 e. The number of aromatic nitrogens is 4. The number of ether oxygens (including phenoxy) is 1. The van der Waals surface area contributed by atoms with Crippen molar-refractivity contribution in [3.8, 4) is 5.82 Å². The highest BCUT2D eigenvalue weighted by Gasteiger charge is 2.34. The summed E-state index contributed by atoms with van der Waals surface area (Å²) in [4.78, 5) is 28.4. The van der Waals surface area contributed by atoms with E-state index >= 15 is 0 Å². The van der Waals surface area contributed by atoms with Gasteiger partial charge in [0.05, 0.1) is 30.4 Å². The van der Waals surface area contributed by atoms with E-state index in [0.29, 0.717) is 85.9 Å². The van der Waals surface area contributed by atoms with Crippen molar-refractivity contribution in [1.82, 2.24) is 19.5 Å². The number of Topliss-reactive ketones (excluding diaryl/α,β-unsaturated/α-hetero) is 1. The number of ketones is 1. The van der Waals surface area contributed by atoms with Gasteiger partial charge in [-0.15, -0.1) is 0 Å². The number of carbonyl (C=O) groups excluding carboxylic acids is 1. The van der Waals surface area contributed by atoms with Crippen molar-refractivity contribution in [3.63, 3.8) is 0 Å². The lowest BCUT2D eigenvalue weighted by atomic mass is 9.74. The number of carbonyl (C=O) groups is 1. The van der Waals surface area contributed by atoms with Gasteiger partial charge >= 0.3 is 0 Å². The van der Waals surface area contributed by atoms with Gasteiger partial charge < -0.3 is 20.1 Å². The van der Waals surface area contributed by atoms with Crippen LogP contribution in [0.4, 0.5) is 20.5 Å². The highest BCUT2D eigenvalue weighted by Crippen LogP contribution is 2.36. The third-order valence-corrected chi connectivity index (χ3v) is 8.24. The van der Waals surface area contributed by atoms with Gasteiger partial charge in [-0.05, 0) is 56.6 Å². The van der Waals surface area contributed by atoms with E-state index in [4.69, 9.17) is 14.7 Å². The van der Waals surface area contributed by atoms with E-state index in [0.717, 1.165) is 25.7 Å². The molecule has 1 aliphatic heterocycles. The van der Waals surface area contributed by atoms with E-state index in [1.807, 2.05) is 4.90 Å². The Bertz CT molecular complexity index is 1310. The van der Waals surface area contributed by atoms with E-state index in [-0.39, 0.29) is 23.9 Å². The van der Waals surface area contributed by atoms with Crippen LogP contribution in [-0.4, -0.2) is 68.9 Å². The zero-order valence-corrected chi connectivity index (χ0v) is 21.8. The number of imidazole rings is 1. The number of aliphatic hydroxyl groups excluding tert-OH is 1. The highest BCUT2D eigenvalue weighted by molar-refractivity contribution is 5.81. The van der Waals surface area contributed by atoms with Gasteiger partial charge in [-0.1, -0.05) is 12.1 Å². The van der Waals surface area contributed by atoms with Crippen molar-refractivity contribution < 1.29 is 23.4 Å². The maximum absolute atomic E-state index is 14.1. The quantitative estimate of drug-likeness (QED) is 0.436. The molecule has 208 valence electrons. The molecule has 0 amide bonds. The van der Waals surface area contributed by atoms with Crippen LogP contribution in [0.15, 0.2) is 30.3 Å². The molecule has 39 heavy (non-hydrogen) atoms. The van der Waals surface area contributed by atoms with Gasteiger partial charge in [0.25, 0.3) is 6.43 Å². The van der Waals surface area contributed by atoms with Crippen LogP contribution >= 0.6 is 0 Å². The first kappa shape index (κ1) is 26.1. The molecule has 3 aromatic rings. The molecular weight excluding hydrogens is 506 g/mol. The van der Waals surface area contributed by atoms with Crippen LogP contribution in [0.5, 0.6) is 0 Å². The number of nitrogens with zero attached hydrogens (tertiary/aromatic N) is 5. The zero-order valence-electron chi connectivity index (χ0n) is 21.8. The molecule has 0 bridgehead atoms. The molecule has 2 saturated carbocycles. The number of alkyl halides is 2. The molecule has 0 unspecified atom stereocenters. The smallest absolute Gasteiger partial charge is 0.296 e. The Morgan fingerprint density at radius 3 is 2.56 bits per heavy atom. The summed E-state index contributed by atoms with van der Waals surface area (Å²) in [7, 11) is 0. The second kappa shape index (κ2) is 11.1. The lowest BCUT2D eigenvalue weighted by Gasteiger charge is -2.37. The van der Waals surface area contributed by atoms with E-state index in [1.54, 1.807) is 30.3 Å². The maximum atomic E-state index is 14.1. The fraction of sp³-hybridized carbons (Fsp3) is 0.571. The van der Waals surface area contributed by atoms with Gasteiger partial charge in [-0.3, -0.25) is 9.36 Å². The van der Waals surface area contributed by atoms with Gasteiger partial charge in [-0.2, -0.15) is 9.97 Å². The van der Waals surface area contributed by atoms with Crippen molar-refractivity contribution in [3.05, 3.63) is 36.2 Å². The molecule has 11 heteroatoms. The topological polar surface area (TPSA) is 105 Å². The average Bonchev–Trinajstić information content (AvgIpc) is 3.33. The van der Waals surface area contributed by atoms with Crippen LogP contribution in [0.3, 0.4) is 0 Å². The number of rotatable bonds is 8. The van der Waals surface area contributed by atoms with Crippen molar-refractivity contribution in [2.75, 3.05) is 36.5 Å². The lowest BCUT2D eigenvalue weighted by Crippen LogP contribution is -2.39. The van der Waals surface area contributed by atoms with E-state index in [1.165, 1.54) is 4.57 Å². The first-order valence-electron chi connectivity index (χ1n) is 13.9. The third-order valence-electron chi connectivity index (χ3n) is 8.24. The number of hydrogen-bond acceptors (Lipinski definition) is 8. The molecule has 3 heterocycles. The number of benzene rings is 1. The minimum atomic E-state index is -2.77. The van der Waals surface area contributed by atoms with Crippen molar-refractivity contribution in [1.29, 1.82) is 0 Å². The van der Waals surface area contributed by atoms with Gasteiger partial charge in [0.2, 0.25) is 5.95 Å². The number of fused-ring (bicyclic) bond motifs is 1. The fourth-order valence-electron chi connectivity index (χ4n) is 6.03. The molecule has 9 nitrogen and oxygen atoms in total. The van der Waals surface area contributed by atoms with Crippen LogP contribution in [0.1, 0.15) is 57.2 Å². The van der Waals surface area contributed by atoms with Crippen molar-refractivity contribution >= 4 is 28.6 Å². The molecule has 0 radical (unpaired) electrons. The molecule has 0 atom stereocenters. The van der Waals surface area contributed by atoms with Crippen LogP contribution in [0.25, 0.3) is 16.9 Å². The fourth-order valence-corrected chi connectivity index (χ4v) is 6.03. The Morgan fingerprint density at radius 2 is 1.82 bits per heavy atom. The zero-order chi connectivity index (χ0) is 26.9. The first-order valence-corrected chi connectivity index (χ1v) is 13.9. The number of halogens is 2. The standard InChI is InChI=1S/C28H34F2N6O3/c29-26(30)27-32-21-3-1-2-4-22(21)36(27)25-16-24(33-28(34-25)35-9-11-39-12-10-35)31-19-13-17(14-19)15-23(38)18-5-7-20(37)8-6-18/h1-4,16-20,26,37H,5-15H2,(H,31,33,34). The number of aliphatic hydroxyl groups is 1. The molecule has 3 aliphatic rings. The van der Waals surface area contributed by atoms with Crippen LogP contribution < -0.4 is 10.2 Å². The van der Waals surface area contributed by atoms with Crippen LogP contribution in [-0.2, 0) is 9.53 Å². The SMILES string of the molecule is O=C(CC1CC(Nc2cc(-n3c(C(F)F)nc4ccccc43)nc(N3CCOCC3)n2)C1)C1CCC(O)CC1. The summed E-state index contributed by atoms with van der Waals surface area (Å²) in [6, 6.07) is 8.89. The van der Waals surface area contributed by atoms with Gasteiger partial charge in [0, 0.05) is 37.5 Å². The Hall–Kier alpha value is -3.18. The summed E-state index contributed by atoms with van der Waals surface area (Å²) in [5.74, 6) is 1.72. The first-order chi connectivity index (χ1) is 18.9.